The van der Waals surface area contributed by atoms with Crippen molar-refractivity contribution in [1.29, 1.82) is 5.26 Å². The van der Waals surface area contributed by atoms with Crippen LogP contribution in [0.2, 0.25) is 5.02 Å². The highest BCUT2D eigenvalue weighted by Gasteiger charge is 2.41. The van der Waals surface area contributed by atoms with Gasteiger partial charge in [-0.1, -0.05) is 41.4 Å². The second-order valence-electron chi connectivity index (χ2n) is 10.2. The minimum Gasteiger partial charge on any atom is -0.487 e. The molecule has 39 heavy (non-hydrogen) atoms. The molecule has 0 saturated carbocycles. The van der Waals surface area contributed by atoms with Crippen molar-refractivity contribution in [3.8, 4) is 11.8 Å². The molecule has 1 atom stereocenters. The Hall–Kier alpha value is -4.08. The third-order valence-corrected chi connectivity index (χ3v) is 7.76. The van der Waals surface area contributed by atoms with Crippen molar-refractivity contribution in [1.82, 2.24) is 0 Å². The number of halogens is 2. The number of carbonyl (C=O) groups excluding carboxylic acids is 1. The van der Waals surface area contributed by atoms with Gasteiger partial charge in [-0.05, 0) is 86.2 Å². The van der Waals surface area contributed by atoms with Gasteiger partial charge in [0.2, 0.25) is 0 Å². The molecule has 1 heterocycles. The number of benzene rings is 3. The maximum absolute atomic E-state index is 13.6. The van der Waals surface area contributed by atoms with E-state index in [0.29, 0.717) is 35.6 Å². The molecule has 0 fully saturated rings. The Labute approximate surface area is 233 Å². The summed E-state index contributed by atoms with van der Waals surface area (Å²) in [7, 11) is 0. The number of Topliss-reactive ketones (excluding diaryl/α,β-unsaturated/α-hetero) is 1. The fourth-order valence-electron chi connectivity index (χ4n) is 5.62. The van der Waals surface area contributed by atoms with Gasteiger partial charge in [-0.15, -0.1) is 0 Å². The number of carbonyl (C=O) groups is 1. The highest BCUT2D eigenvalue weighted by atomic mass is 35.5. The Balaban J connectivity index is 1.63. The molecule has 7 heteroatoms. The third kappa shape index (κ3) is 4.91. The van der Waals surface area contributed by atoms with Crippen molar-refractivity contribution in [2.75, 3.05) is 4.90 Å². The zero-order valence-corrected chi connectivity index (χ0v) is 22.9. The van der Waals surface area contributed by atoms with Gasteiger partial charge < -0.3 is 10.5 Å². The number of hydrogen-bond donors (Lipinski definition) is 1. The average molecular weight is 542 g/mol. The Morgan fingerprint density at radius 2 is 1.90 bits per heavy atom. The first-order valence-corrected chi connectivity index (χ1v) is 13.3. The number of rotatable bonds is 5. The SMILES string of the molecule is Cc1cccc(N2C(N)=C(C#N)C(c3cc(C)cc(COc4ccc(F)cc4Cl)c3C)C3=C2CCCC3=O)c1. The highest BCUT2D eigenvalue weighted by molar-refractivity contribution is 6.32. The fourth-order valence-corrected chi connectivity index (χ4v) is 5.84. The molecule has 0 bridgehead atoms. The lowest BCUT2D eigenvalue weighted by atomic mass is 9.73. The van der Waals surface area contributed by atoms with E-state index in [4.69, 9.17) is 22.1 Å². The second-order valence-corrected chi connectivity index (χ2v) is 10.6. The molecule has 1 aliphatic heterocycles. The van der Waals surface area contributed by atoms with Crippen LogP contribution in [0.4, 0.5) is 10.1 Å². The van der Waals surface area contributed by atoms with Gasteiger partial charge in [-0.2, -0.15) is 5.26 Å². The summed E-state index contributed by atoms with van der Waals surface area (Å²) in [6, 6.07) is 18.3. The van der Waals surface area contributed by atoms with E-state index < -0.39 is 11.7 Å². The number of nitrogens with zero attached hydrogens (tertiary/aromatic N) is 2. The van der Waals surface area contributed by atoms with Crippen LogP contribution in [0.15, 0.2) is 77.3 Å². The number of hydrogen-bond acceptors (Lipinski definition) is 5. The Kier molecular flexibility index (Phi) is 7.20. The van der Waals surface area contributed by atoms with Crippen LogP contribution in [-0.4, -0.2) is 5.78 Å². The fraction of sp³-hybridized carbons (Fsp3) is 0.250. The topological polar surface area (TPSA) is 79.3 Å². The van der Waals surface area contributed by atoms with E-state index in [1.54, 1.807) is 0 Å². The first-order chi connectivity index (χ1) is 18.7. The molecule has 0 radical (unpaired) electrons. The standard InChI is InChI=1S/C32H29ClFN3O2/c1-18-6-4-7-23(13-18)37-27-8-5-9-28(38)31(27)30(25(16-35)32(37)36)24-14-19(2)12-21(20(24)3)17-39-29-11-10-22(34)15-26(29)33/h4,6-7,10-15,30H,5,8-9,17,36H2,1-3H3. The number of ketones is 1. The van der Waals surface area contributed by atoms with E-state index in [0.717, 1.165) is 45.6 Å². The quantitative estimate of drug-likeness (QED) is 0.367. The molecule has 5 nitrogen and oxygen atoms in total. The molecule has 2 N–H and O–H groups in total. The van der Waals surface area contributed by atoms with E-state index in [-0.39, 0.29) is 17.4 Å². The molecule has 0 spiro atoms. The molecular weight excluding hydrogens is 513 g/mol. The van der Waals surface area contributed by atoms with Gasteiger partial charge in [-0.25, -0.2) is 4.39 Å². The van der Waals surface area contributed by atoms with E-state index >= 15 is 0 Å². The van der Waals surface area contributed by atoms with Crippen molar-refractivity contribution in [3.05, 3.63) is 116 Å². The van der Waals surface area contributed by atoms with Gasteiger partial charge in [0.05, 0.1) is 22.6 Å². The molecule has 3 aromatic rings. The molecule has 5 rings (SSSR count). The van der Waals surface area contributed by atoms with Gasteiger partial charge in [0.25, 0.3) is 0 Å². The van der Waals surface area contributed by atoms with Crippen LogP contribution in [0.1, 0.15) is 53.0 Å². The van der Waals surface area contributed by atoms with E-state index in [1.165, 1.54) is 18.2 Å². The average Bonchev–Trinajstić information content (AvgIpc) is 2.89. The molecular formula is C32H29ClFN3O2. The predicted molar refractivity (Wildman–Crippen MR) is 151 cm³/mol. The van der Waals surface area contributed by atoms with Crippen LogP contribution in [0.5, 0.6) is 5.75 Å². The largest absolute Gasteiger partial charge is 0.487 e. The number of aryl methyl sites for hydroxylation is 2. The summed E-state index contributed by atoms with van der Waals surface area (Å²) in [5.74, 6) is -0.254. The molecule has 0 amide bonds. The van der Waals surface area contributed by atoms with E-state index in [9.17, 15) is 14.4 Å². The zero-order chi connectivity index (χ0) is 27.8. The number of nitrogens with two attached hydrogens (primary N) is 1. The molecule has 1 unspecified atom stereocenters. The normalized spacial score (nSPS) is 17.3. The highest BCUT2D eigenvalue weighted by Crippen LogP contribution is 2.47. The van der Waals surface area contributed by atoms with Crippen LogP contribution < -0.4 is 15.4 Å². The molecule has 0 aromatic heterocycles. The van der Waals surface area contributed by atoms with Crippen molar-refractivity contribution < 1.29 is 13.9 Å². The summed E-state index contributed by atoms with van der Waals surface area (Å²) in [5.41, 5.74) is 14.1. The van der Waals surface area contributed by atoms with Crippen molar-refractivity contribution in [2.45, 2.75) is 52.6 Å². The zero-order valence-electron chi connectivity index (χ0n) is 22.1. The number of nitriles is 1. The van der Waals surface area contributed by atoms with Crippen LogP contribution >= 0.6 is 11.6 Å². The van der Waals surface area contributed by atoms with Gasteiger partial charge in [-0.3, -0.25) is 9.69 Å². The summed E-state index contributed by atoms with van der Waals surface area (Å²) < 4.78 is 19.5. The van der Waals surface area contributed by atoms with Crippen LogP contribution in [0, 0.1) is 37.9 Å². The first kappa shape index (κ1) is 26.5. The lowest BCUT2D eigenvalue weighted by molar-refractivity contribution is -0.116. The molecule has 3 aromatic carbocycles. The minimum atomic E-state index is -0.577. The van der Waals surface area contributed by atoms with Crippen LogP contribution in [0.25, 0.3) is 0 Å². The Morgan fingerprint density at radius 1 is 1.10 bits per heavy atom. The van der Waals surface area contributed by atoms with E-state index in [1.807, 2.05) is 62.1 Å². The molecule has 1 aliphatic carbocycles. The minimum absolute atomic E-state index is 0.0379. The predicted octanol–water partition coefficient (Wildman–Crippen LogP) is 7.29. The van der Waals surface area contributed by atoms with Gasteiger partial charge in [0.15, 0.2) is 5.78 Å². The lowest BCUT2D eigenvalue weighted by Gasteiger charge is -2.40. The Morgan fingerprint density at radius 3 is 2.62 bits per heavy atom. The van der Waals surface area contributed by atoms with Crippen LogP contribution in [0.3, 0.4) is 0 Å². The summed E-state index contributed by atoms with van der Waals surface area (Å²) in [6.07, 6.45) is 1.85. The van der Waals surface area contributed by atoms with Gasteiger partial charge in [0.1, 0.15) is 24.0 Å². The van der Waals surface area contributed by atoms with Crippen molar-refractivity contribution >= 4 is 23.1 Å². The van der Waals surface area contributed by atoms with Crippen LogP contribution in [-0.2, 0) is 11.4 Å². The molecule has 0 saturated heterocycles. The summed E-state index contributed by atoms with van der Waals surface area (Å²) >= 11 is 6.17. The summed E-state index contributed by atoms with van der Waals surface area (Å²) in [6.45, 7) is 6.12. The van der Waals surface area contributed by atoms with Gasteiger partial charge in [0, 0.05) is 23.4 Å². The Bertz CT molecular complexity index is 1600. The van der Waals surface area contributed by atoms with Crippen molar-refractivity contribution in [3.63, 3.8) is 0 Å². The maximum atomic E-state index is 13.6. The molecule has 198 valence electrons. The van der Waals surface area contributed by atoms with Crippen molar-refractivity contribution in [2.24, 2.45) is 5.73 Å². The smallest absolute Gasteiger partial charge is 0.161 e. The monoisotopic (exact) mass is 541 g/mol. The molecule has 2 aliphatic rings. The third-order valence-electron chi connectivity index (χ3n) is 7.46. The summed E-state index contributed by atoms with van der Waals surface area (Å²) in [5, 5.41) is 10.6. The maximum Gasteiger partial charge on any atom is 0.161 e. The summed E-state index contributed by atoms with van der Waals surface area (Å²) in [4.78, 5) is 15.4. The number of anilines is 1. The van der Waals surface area contributed by atoms with Gasteiger partial charge >= 0.3 is 0 Å². The first-order valence-electron chi connectivity index (χ1n) is 12.9. The number of allylic oxidation sites excluding steroid dienone is 3. The van der Waals surface area contributed by atoms with E-state index in [2.05, 4.69) is 6.07 Å². The lowest BCUT2D eigenvalue weighted by Crippen LogP contribution is -2.39. The number of ether oxygens (including phenoxy) is 1. The second kappa shape index (κ2) is 10.6.